The van der Waals surface area contributed by atoms with Gasteiger partial charge in [0.1, 0.15) is 12.0 Å². The Labute approximate surface area is 171 Å². The van der Waals surface area contributed by atoms with Gasteiger partial charge in [0.25, 0.3) is 5.91 Å². The van der Waals surface area contributed by atoms with Crippen LogP contribution in [0.5, 0.6) is 0 Å². The van der Waals surface area contributed by atoms with Gasteiger partial charge in [-0.15, -0.1) is 11.3 Å². The molecule has 1 amide bonds. The van der Waals surface area contributed by atoms with Crippen LogP contribution in [0.1, 0.15) is 20.9 Å². The van der Waals surface area contributed by atoms with Gasteiger partial charge in [-0.1, -0.05) is 36.4 Å². The van der Waals surface area contributed by atoms with Crippen molar-refractivity contribution in [3.63, 3.8) is 0 Å². The largest absolute Gasteiger partial charge is 0.393 e. The van der Waals surface area contributed by atoms with Crippen LogP contribution >= 0.6 is 11.3 Å². The first-order valence-electron chi connectivity index (χ1n) is 8.88. The summed E-state index contributed by atoms with van der Waals surface area (Å²) < 4.78 is 0. The smallest absolute Gasteiger partial charge is 0.270 e. The van der Waals surface area contributed by atoms with Crippen LogP contribution in [0.4, 0.5) is 22.5 Å². The Hall–Kier alpha value is -3.72. The van der Waals surface area contributed by atoms with E-state index in [1.165, 1.54) is 17.7 Å². The zero-order valence-corrected chi connectivity index (χ0v) is 16.7. The van der Waals surface area contributed by atoms with Crippen molar-refractivity contribution in [2.45, 2.75) is 13.8 Å². The van der Waals surface area contributed by atoms with Crippen molar-refractivity contribution in [2.24, 2.45) is 0 Å². The predicted molar refractivity (Wildman–Crippen MR) is 116 cm³/mol. The summed E-state index contributed by atoms with van der Waals surface area (Å²) in [4.78, 5) is 26.5. The number of thiazole rings is 1. The predicted octanol–water partition coefficient (Wildman–Crippen LogP) is 3.79. The number of amides is 1. The van der Waals surface area contributed by atoms with Crippen LogP contribution in [-0.2, 0) is 0 Å². The van der Waals surface area contributed by atoms with Gasteiger partial charge in [-0.3, -0.25) is 15.6 Å². The molecule has 0 fully saturated rings. The Balaban J connectivity index is 1.51. The summed E-state index contributed by atoms with van der Waals surface area (Å²) >= 11 is 1.51. The van der Waals surface area contributed by atoms with Crippen LogP contribution in [0.2, 0.25) is 0 Å². The minimum atomic E-state index is -0.291. The average Bonchev–Trinajstić information content (AvgIpc) is 3.05. The Kier molecular flexibility index (Phi) is 4.96. The number of hydrogen-bond acceptors (Lipinski definition) is 8. The molecule has 0 saturated carbocycles. The number of benzene rings is 2. The van der Waals surface area contributed by atoms with E-state index in [2.05, 4.69) is 31.1 Å². The second-order valence-corrected chi connectivity index (χ2v) is 7.58. The van der Waals surface area contributed by atoms with Crippen molar-refractivity contribution in [1.82, 2.24) is 20.4 Å². The zero-order valence-electron chi connectivity index (χ0n) is 15.9. The molecule has 0 saturated heterocycles. The van der Waals surface area contributed by atoms with Crippen LogP contribution in [-0.4, -0.2) is 20.9 Å². The van der Waals surface area contributed by atoms with Crippen molar-refractivity contribution in [3.8, 4) is 0 Å². The number of nitrogen functional groups attached to an aromatic ring is 1. The third-order valence-electron chi connectivity index (χ3n) is 4.47. The number of carbonyl (C=O) groups excluding carboxylic acids is 1. The Bertz CT molecular complexity index is 1180. The van der Waals surface area contributed by atoms with Crippen molar-refractivity contribution < 1.29 is 4.79 Å². The molecular formula is C20H19N7OS. The third kappa shape index (κ3) is 3.81. The summed E-state index contributed by atoms with van der Waals surface area (Å²) in [6, 6.07) is 13.3. The van der Waals surface area contributed by atoms with Crippen molar-refractivity contribution in [3.05, 3.63) is 64.9 Å². The highest BCUT2D eigenvalue weighted by Crippen LogP contribution is 2.29. The topological polar surface area (TPSA) is 118 Å². The fourth-order valence-corrected chi connectivity index (χ4v) is 3.64. The number of nitrogens with zero attached hydrogens (tertiary/aromatic N) is 3. The van der Waals surface area contributed by atoms with E-state index in [1.54, 1.807) is 6.07 Å². The number of fused-ring (bicyclic) bond motifs is 1. The molecule has 0 unspecified atom stereocenters. The van der Waals surface area contributed by atoms with Gasteiger partial charge in [0.05, 0.1) is 5.69 Å². The highest BCUT2D eigenvalue weighted by Gasteiger charge is 2.13. The number of rotatable bonds is 5. The van der Waals surface area contributed by atoms with Gasteiger partial charge in [-0.05, 0) is 30.7 Å². The van der Waals surface area contributed by atoms with Crippen molar-refractivity contribution in [1.29, 1.82) is 0 Å². The molecule has 2 aromatic carbocycles. The molecule has 0 atom stereocenters. The SMILES string of the molecule is Cc1nc(Nc2ncnc(NNC(=O)c3cccc4ccccc34)c2N)sc1C. The van der Waals surface area contributed by atoms with Gasteiger partial charge in [-0.25, -0.2) is 15.0 Å². The monoisotopic (exact) mass is 405 g/mol. The zero-order chi connectivity index (χ0) is 20.4. The summed E-state index contributed by atoms with van der Waals surface area (Å²) in [5.74, 6) is 0.414. The van der Waals surface area contributed by atoms with E-state index in [0.29, 0.717) is 22.3 Å². The van der Waals surface area contributed by atoms with E-state index in [0.717, 1.165) is 21.3 Å². The number of hydrazine groups is 1. The molecule has 4 aromatic rings. The fraction of sp³-hybridized carbons (Fsp3) is 0.100. The van der Waals surface area contributed by atoms with Gasteiger partial charge >= 0.3 is 0 Å². The van der Waals surface area contributed by atoms with Crippen LogP contribution in [0, 0.1) is 13.8 Å². The molecule has 0 aliphatic carbocycles. The van der Waals surface area contributed by atoms with Crippen LogP contribution < -0.4 is 21.9 Å². The molecule has 29 heavy (non-hydrogen) atoms. The number of nitrogens with two attached hydrogens (primary N) is 1. The molecule has 9 heteroatoms. The van der Waals surface area contributed by atoms with Crippen molar-refractivity contribution >= 4 is 50.5 Å². The molecule has 4 rings (SSSR count). The average molecular weight is 405 g/mol. The first-order chi connectivity index (χ1) is 14.0. The molecule has 0 radical (unpaired) electrons. The molecule has 2 aromatic heterocycles. The lowest BCUT2D eigenvalue weighted by Gasteiger charge is -2.13. The number of aromatic nitrogens is 3. The molecule has 5 N–H and O–H groups in total. The van der Waals surface area contributed by atoms with E-state index in [1.807, 2.05) is 50.2 Å². The summed E-state index contributed by atoms with van der Waals surface area (Å²) in [6.07, 6.45) is 1.36. The number of hydrogen-bond donors (Lipinski definition) is 4. The number of anilines is 4. The lowest BCUT2D eigenvalue weighted by molar-refractivity contribution is 0.0964. The lowest BCUT2D eigenvalue weighted by atomic mass is 10.0. The fourth-order valence-electron chi connectivity index (χ4n) is 2.83. The Morgan fingerprint density at radius 2 is 1.79 bits per heavy atom. The van der Waals surface area contributed by atoms with E-state index in [4.69, 9.17) is 5.73 Å². The number of carbonyl (C=O) groups is 1. The summed E-state index contributed by atoms with van der Waals surface area (Å²) in [7, 11) is 0. The molecule has 0 aliphatic heterocycles. The maximum Gasteiger partial charge on any atom is 0.270 e. The number of aryl methyl sites for hydroxylation is 2. The minimum absolute atomic E-state index is 0.274. The summed E-state index contributed by atoms with van der Waals surface area (Å²) in [6.45, 7) is 3.94. The maximum atomic E-state index is 12.7. The van der Waals surface area contributed by atoms with Crippen LogP contribution in [0.25, 0.3) is 10.8 Å². The van der Waals surface area contributed by atoms with Gasteiger partial charge in [0.2, 0.25) is 0 Å². The Morgan fingerprint density at radius 3 is 2.59 bits per heavy atom. The third-order valence-corrected chi connectivity index (χ3v) is 5.45. The molecule has 146 valence electrons. The van der Waals surface area contributed by atoms with Crippen molar-refractivity contribution in [2.75, 3.05) is 16.5 Å². The molecule has 2 heterocycles. The van der Waals surface area contributed by atoms with E-state index >= 15 is 0 Å². The van der Waals surface area contributed by atoms with Gasteiger partial charge in [0, 0.05) is 10.4 Å². The molecule has 0 aliphatic rings. The molecule has 8 nitrogen and oxygen atoms in total. The second kappa shape index (κ2) is 7.72. The Morgan fingerprint density at radius 1 is 1.03 bits per heavy atom. The van der Waals surface area contributed by atoms with E-state index in [-0.39, 0.29) is 11.6 Å². The van der Waals surface area contributed by atoms with Gasteiger partial charge in [-0.2, -0.15) is 0 Å². The van der Waals surface area contributed by atoms with E-state index < -0.39 is 0 Å². The van der Waals surface area contributed by atoms with Crippen LogP contribution in [0.3, 0.4) is 0 Å². The molecular weight excluding hydrogens is 386 g/mol. The first-order valence-corrected chi connectivity index (χ1v) is 9.70. The maximum absolute atomic E-state index is 12.7. The molecule has 0 bridgehead atoms. The standard InChI is InChI=1S/C20H19N7OS/c1-11-12(2)29-20(24-11)25-17-16(21)18(23-10-22-17)26-27-19(28)15-9-5-7-13-6-3-4-8-14(13)15/h3-10H,21H2,1-2H3,(H,27,28)(H2,22,23,24,25,26). The van der Waals surface area contributed by atoms with Gasteiger partial charge in [0.15, 0.2) is 16.8 Å². The minimum Gasteiger partial charge on any atom is -0.393 e. The normalized spacial score (nSPS) is 10.7. The summed E-state index contributed by atoms with van der Waals surface area (Å²) in [5.41, 5.74) is 13.4. The van der Waals surface area contributed by atoms with Crippen LogP contribution in [0.15, 0.2) is 48.8 Å². The quantitative estimate of drug-likeness (QED) is 0.373. The second-order valence-electron chi connectivity index (χ2n) is 6.38. The molecule has 0 spiro atoms. The van der Waals surface area contributed by atoms with Gasteiger partial charge < -0.3 is 11.1 Å². The highest BCUT2D eigenvalue weighted by atomic mass is 32.1. The number of nitrogens with one attached hydrogen (secondary N) is 3. The highest BCUT2D eigenvalue weighted by molar-refractivity contribution is 7.15. The summed E-state index contributed by atoms with van der Waals surface area (Å²) in [5, 5.41) is 5.64. The van der Waals surface area contributed by atoms with E-state index in [9.17, 15) is 4.79 Å². The lowest BCUT2D eigenvalue weighted by Crippen LogP contribution is -2.30. The first kappa shape index (κ1) is 18.6.